The Labute approximate surface area is 103 Å². The van der Waals surface area contributed by atoms with Crippen LogP contribution in [-0.4, -0.2) is 26.9 Å². The third-order valence-corrected chi connectivity index (χ3v) is 2.61. The summed E-state index contributed by atoms with van der Waals surface area (Å²) in [5.41, 5.74) is 6.60. The Morgan fingerprint density at radius 3 is 2.89 bits per heavy atom. The van der Waals surface area contributed by atoms with Gasteiger partial charge in [-0.05, 0) is 6.07 Å². The molecule has 2 heterocycles. The molecule has 0 fully saturated rings. The van der Waals surface area contributed by atoms with E-state index in [-0.39, 0.29) is 5.95 Å². The first kappa shape index (κ1) is 10.5. The van der Waals surface area contributed by atoms with E-state index in [0.717, 1.165) is 10.9 Å². The number of fused-ring (bicyclic) bond motifs is 1. The number of hydrogen-bond donors (Lipinski definition) is 1. The number of nitrogens with two attached hydrogens (primary N) is 1. The highest BCUT2D eigenvalue weighted by atomic mass is 16.5. The molecule has 0 unspecified atom stereocenters. The van der Waals surface area contributed by atoms with Crippen LogP contribution in [0, 0.1) is 0 Å². The van der Waals surface area contributed by atoms with Crippen molar-refractivity contribution in [2.24, 2.45) is 0 Å². The molecule has 0 spiro atoms. The Balaban J connectivity index is 2.22. The van der Waals surface area contributed by atoms with Crippen LogP contribution in [0.5, 0.6) is 5.88 Å². The predicted molar refractivity (Wildman–Crippen MR) is 67.6 cm³/mol. The van der Waals surface area contributed by atoms with Gasteiger partial charge < -0.3 is 10.5 Å². The Kier molecular flexibility index (Phi) is 2.33. The quantitative estimate of drug-likeness (QED) is 0.733. The van der Waals surface area contributed by atoms with Gasteiger partial charge in [0.1, 0.15) is 0 Å². The number of benzene rings is 1. The van der Waals surface area contributed by atoms with Crippen molar-refractivity contribution in [2.45, 2.75) is 0 Å². The topological polar surface area (TPSA) is 78.8 Å². The molecule has 0 aliphatic heterocycles. The Hall–Kier alpha value is -2.63. The lowest BCUT2D eigenvalue weighted by Gasteiger charge is -2.05. The molecular formula is C12H11N5O. The highest BCUT2D eigenvalue weighted by Gasteiger charge is 2.08. The second-order valence-electron chi connectivity index (χ2n) is 3.74. The van der Waals surface area contributed by atoms with Crippen LogP contribution in [0.3, 0.4) is 0 Å². The summed E-state index contributed by atoms with van der Waals surface area (Å²) >= 11 is 0. The lowest BCUT2D eigenvalue weighted by molar-refractivity contribution is 0.397. The molecule has 1 aromatic carbocycles. The molecule has 0 bridgehead atoms. The summed E-state index contributed by atoms with van der Waals surface area (Å²) in [5.74, 6) is 1.15. The van der Waals surface area contributed by atoms with Gasteiger partial charge >= 0.3 is 0 Å². The highest BCUT2D eigenvalue weighted by molar-refractivity contribution is 5.79. The number of hydrogen-bond acceptors (Lipinski definition) is 5. The minimum absolute atomic E-state index is 0.156. The molecule has 0 aliphatic rings. The smallest absolute Gasteiger partial charge is 0.225 e. The fraction of sp³-hybridized carbons (Fsp3) is 0.0833. The Morgan fingerprint density at radius 2 is 2.06 bits per heavy atom. The zero-order chi connectivity index (χ0) is 12.5. The number of anilines is 1. The zero-order valence-corrected chi connectivity index (χ0v) is 9.74. The molecule has 2 aromatic heterocycles. The number of methoxy groups -OCH3 is 1. The molecule has 3 aromatic rings. The molecule has 0 saturated carbocycles. The number of nitrogens with zero attached hydrogens (tertiary/aromatic N) is 4. The fourth-order valence-corrected chi connectivity index (χ4v) is 1.80. The molecule has 6 nitrogen and oxygen atoms in total. The second kappa shape index (κ2) is 3.99. The zero-order valence-electron chi connectivity index (χ0n) is 9.74. The van der Waals surface area contributed by atoms with Crippen LogP contribution in [0.25, 0.3) is 16.7 Å². The monoisotopic (exact) mass is 241 g/mol. The number of ether oxygens (including phenoxy) is 1. The van der Waals surface area contributed by atoms with Gasteiger partial charge in [-0.15, -0.1) is 0 Å². The minimum Gasteiger partial charge on any atom is -0.481 e. The maximum absolute atomic E-state index is 5.64. The number of para-hydroxylation sites is 1. The van der Waals surface area contributed by atoms with Crippen molar-refractivity contribution >= 4 is 16.9 Å². The van der Waals surface area contributed by atoms with Crippen LogP contribution in [0.15, 0.2) is 36.5 Å². The molecule has 0 aliphatic carbocycles. The molecule has 0 atom stereocenters. The van der Waals surface area contributed by atoms with E-state index in [0.29, 0.717) is 11.7 Å². The van der Waals surface area contributed by atoms with Crippen LogP contribution in [0.4, 0.5) is 5.95 Å². The van der Waals surface area contributed by atoms with Crippen LogP contribution < -0.4 is 10.5 Å². The average molecular weight is 241 g/mol. The molecule has 3 rings (SSSR count). The van der Waals surface area contributed by atoms with Gasteiger partial charge in [-0.1, -0.05) is 18.2 Å². The van der Waals surface area contributed by atoms with E-state index in [1.54, 1.807) is 16.9 Å². The van der Waals surface area contributed by atoms with Crippen molar-refractivity contribution in [1.29, 1.82) is 0 Å². The summed E-state index contributed by atoms with van der Waals surface area (Å²) in [7, 11) is 1.53. The average Bonchev–Trinajstić information content (AvgIpc) is 2.81. The first-order valence-corrected chi connectivity index (χ1v) is 5.39. The van der Waals surface area contributed by atoms with Gasteiger partial charge in [0.25, 0.3) is 0 Å². The van der Waals surface area contributed by atoms with Crippen LogP contribution in [-0.2, 0) is 0 Å². The van der Waals surface area contributed by atoms with Gasteiger partial charge in [-0.3, -0.25) is 0 Å². The molecule has 0 saturated heterocycles. The maximum atomic E-state index is 5.64. The molecule has 90 valence electrons. The molecule has 6 heteroatoms. The van der Waals surface area contributed by atoms with Gasteiger partial charge in [0.15, 0.2) is 5.82 Å². The summed E-state index contributed by atoms with van der Waals surface area (Å²) in [6.07, 6.45) is 1.78. The van der Waals surface area contributed by atoms with E-state index < -0.39 is 0 Å². The Bertz CT molecular complexity index is 707. The molecular weight excluding hydrogens is 230 g/mol. The van der Waals surface area contributed by atoms with Crippen molar-refractivity contribution in [2.75, 3.05) is 12.8 Å². The van der Waals surface area contributed by atoms with Crippen molar-refractivity contribution in [3.63, 3.8) is 0 Å². The largest absolute Gasteiger partial charge is 0.481 e. The lowest BCUT2D eigenvalue weighted by atomic mass is 10.2. The molecule has 0 amide bonds. The highest BCUT2D eigenvalue weighted by Crippen LogP contribution is 2.19. The molecule has 2 N–H and O–H groups in total. The van der Waals surface area contributed by atoms with Crippen molar-refractivity contribution in [3.05, 3.63) is 36.5 Å². The van der Waals surface area contributed by atoms with E-state index in [4.69, 9.17) is 10.5 Å². The summed E-state index contributed by atoms with van der Waals surface area (Å²) in [4.78, 5) is 8.11. The third-order valence-electron chi connectivity index (χ3n) is 2.61. The normalized spacial score (nSPS) is 10.7. The van der Waals surface area contributed by atoms with E-state index in [1.165, 1.54) is 7.11 Å². The SMILES string of the molecule is COc1cc(-n2ncc3ccccc32)nc(N)n1. The van der Waals surface area contributed by atoms with E-state index in [9.17, 15) is 0 Å². The van der Waals surface area contributed by atoms with Gasteiger partial charge in [-0.2, -0.15) is 15.1 Å². The van der Waals surface area contributed by atoms with Crippen LogP contribution in [0.1, 0.15) is 0 Å². The van der Waals surface area contributed by atoms with Gasteiger partial charge in [0.2, 0.25) is 11.8 Å². The van der Waals surface area contributed by atoms with E-state index >= 15 is 0 Å². The first-order chi connectivity index (χ1) is 8.78. The summed E-state index contributed by atoms with van der Waals surface area (Å²) in [6.45, 7) is 0. The third kappa shape index (κ3) is 1.64. The van der Waals surface area contributed by atoms with Gasteiger partial charge in [0, 0.05) is 11.5 Å². The van der Waals surface area contributed by atoms with Gasteiger partial charge in [0.05, 0.1) is 18.8 Å². The van der Waals surface area contributed by atoms with Crippen LogP contribution in [0.2, 0.25) is 0 Å². The predicted octanol–water partition coefficient (Wildman–Crippen LogP) is 1.41. The van der Waals surface area contributed by atoms with Gasteiger partial charge in [-0.25, -0.2) is 4.68 Å². The summed E-state index contributed by atoms with van der Waals surface area (Å²) < 4.78 is 6.78. The Morgan fingerprint density at radius 1 is 1.22 bits per heavy atom. The maximum Gasteiger partial charge on any atom is 0.225 e. The van der Waals surface area contributed by atoms with E-state index in [2.05, 4.69) is 15.1 Å². The van der Waals surface area contributed by atoms with E-state index in [1.807, 2.05) is 24.3 Å². The number of rotatable bonds is 2. The van der Waals surface area contributed by atoms with Crippen molar-refractivity contribution in [3.8, 4) is 11.7 Å². The molecule has 18 heavy (non-hydrogen) atoms. The first-order valence-electron chi connectivity index (χ1n) is 5.39. The second-order valence-corrected chi connectivity index (χ2v) is 3.74. The minimum atomic E-state index is 0.156. The van der Waals surface area contributed by atoms with Crippen molar-refractivity contribution < 1.29 is 4.74 Å². The standard InChI is InChI=1S/C12H11N5O/c1-18-11-6-10(15-12(13)16-11)17-9-5-3-2-4-8(9)7-14-17/h2-7H,1H3,(H2,13,15,16). The summed E-state index contributed by atoms with van der Waals surface area (Å²) in [6, 6.07) is 9.55. The number of aromatic nitrogens is 4. The summed E-state index contributed by atoms with van der Waals surface area (Å²) in [5, 5.41) is 5.33. The van der Waals surface area contributed by atoms with Crippen LogP contribution >= 0.6 is 0 Å². The molecule has 0 radical (unpaired) electrons. The number of nitrogen functional groups attached to an aromatic ring is 1. The van der Waals surface area contributed by atoms with Crippen molar-refractivity contribution in [1.82, 2.24) is 19.7 Å². The lowest BCUT2D eigenvalue weighted by Crippen LogP contribution is -2.05. The fourth-order valence-electron chi connectivity index (χ4n) is 1.80.